The predicted molar refractivity (Wildman–Crippen MR) is 149 cm³/mol. The molecule has 2 aromatic carbocycles. The van der Waals surface area contributed by atoms with Gasteiger partial charge in [0, 0.05) is 26.6 Å². The summed E-state index contributed by atoms with van der Waals surface area (Å²) in [5.41, 5.74) is 2.25. The minimum Gasteiger partial charge on any atom is -0.490 e. The van der Waals surface area contributed by atoms with Crippen molar-refractivity contribution in [3.05, 3.63) is 42.5 Å². The van der Waals surface area contributed by atoms with E-state index in [0.29, 0.717) is 6.61 Å². The van der Waals surface area contributed by atoms with Crippen LogP contribution in [0.3, 0.4) is 0 Å². The standard InChI is InChI=1S/C30H45O4P/c1-11-32-30(31-10)19-28(6,7)35(29(8,9)20-30)26-18-13-12-15-23(26)27-24(33-21(2)3)16-14-17-25(27)34-22(4)5/h12-18,21-22H,11,19-20H2,1-10H3. The molecule has 0 saturated carbocycles. The normalized spacial score (nSPS) is 23.5. The molecule has 1 heterocycles. The van der Waals surface area contributed by atoms with Crippen LogP contribution in [0.1, 0.15) is 75.2 Å². The van der Waals surface area contributed by atoms with Crippen molar-refractivity contribution < 1.29 is 18.9 Å². The minimum absolute atomic E-state index is 0.00865. The van der Waals surface area contributed by atoms with Crippen molar-refractivity contribution in [2.24, 2.45) is 0 Å². The third-order valence-corrected chi connectivity index (χ3v) is 10.1. The third kappa shape index (κ3) is 6.04. The Morgan fingerprint density at radius 1 is 0.800 bits per heavy atom. The second-order valence-electron chi connectivity index (χ2n) is 11.3. The van der Waals surface area contributed by atoms with E-state index in [4.69, 9.17) is 18.9 Å². The molecule has 0 aromatic heterocycles. The first-order valence-electron chi connectivity index (χ1n) is 12.9. The lowest BCUT2D eigenvalue weighted by Gasteiger charge is -2.56. The molecule has 0 spiro atoms. The summed E-state index contributed by atoms with van der Waals surface area (Å²) in [7, 11) is 1.18. The quantitative estimate of drug-likeness (QED) is 0.260. The van der Waals surface area contributed by atoms with E-state index in [9.17, 15) is 0 Å². The topological polar surface area (TPSA) is 36.9 Å². The molecular formula is C30H45O4P. The molecule has 0 amide bonds. The van der Waals surface area contributed by atoms with Gasteiger partial charge in [0.15, 0.2) is 5.79 Å². The molecule has 0 N–H and O–H groups in total. The highest BCUT2D eigenvalue weighted by molar-refractivity contribution is 7.69. The molecule has 4 nitrogen and oxygen atoms in total. The average Bonchev–Trinajstić information content (AvgIpc) is 2.72. The lowest BCUT2D eigenvalue weighted by molar-refractivity contribution is -0.237. The van der Waals surface area contributed by atoms with Crippen LogP contribution >= 0.6 is 7.92 Å². The van der Waals surface area contributed by atoms with Gasteiger partial charge in [0.05, 0.1) is 17.8 Å². The zero-order valence-corrected chi connectivity index (χ0v) is 24.3. The molecule has 3 rings (SSSR count). The number of benzene rings is 2. The molecule has 5 heteroatoms. The largest absolute Gasteiger partial charge is 0.490 e. The summed E-state index contributed by atoms with van der Waals surface area (Å²) >= 11 is 0. The predicted octanol–water partition coefficient (Wildman–Crippen LogP) is 7.77. The second-order valence-corrected chi connectivity index (χ2v) is 14.9. The van der Waals surface area contributed by atoms with Gasteiger partial charge >= 0.3 is 0 Å². The molecule has 194 valence electrons. The van der Waals surface area contributed by atoms with Crippen LogP contribution in [-0.2, 0) is 9.47 Å². The molecule has 1 saturated heterocycles. The number of ether oxygens (including phenoxy) is 4. The summed E-state index contributed by atoms with van der Waals surface area (Å²) in [6.07, 6.45) is 1.84. The Kier molecular flexibility index (Phi) is 8.62. The van der Waals surface area contributed by atoms with Crippen molar-refractivity contribution in [2.45, 2.75) is 103 Å². The van der Waals surface area contributed by atoms with Crippen molar-refractivity contribution in [3.8, 4) is 22.6 Å². The van der Waals surface area contributed by atoms with E-state index in [0.717, 1.165) is 29.9 Å². The molecule has 0 aliphatic carbocycles. The van der Waals surface area contributed by atoms with Crippen molar-refractivity contribution in [2.75, 3.05) is 13.7 Å². The smallest absolute Gasteiger partial charge is 0.169 e. The fourth-order valence-electron chi connectivity index (χ4n) is 5.94. The maximum absolute atomic E-state index is 6.34. The van der Waals surface area contributed by atoms with Crippen molar-refractivity contribution in [3.63, 3.8) is 0 Å². The van der Waals surface area contributed by atoms with Crippen LogP contribution in [0, 0.1) is 0 Å². The monoisotopic (exact) mass is 500 g/mol. The maximum Gasteiger partial charge on any atom is 0.169 e. The number of methoxy groups -OCH3 is 1. The molecule has 0 atom stereocenters. The molecular weight excluding hydrogens is 455 g/mol. The molecule has 1 aliphatic rings. The van der Waals surface area contributed by atoms with E-state index in [1.165, 1.54) is 10.9 Å². The summed E-state index contributed by atoms with van der Waals surface area (Å²) in [5, 5.41) is 1.36. The summed E-state index contributed by atoms with van der Waals surface area (Å²) < 4.78 is 25.0. The van der Waals surface area contributed by atoms with Crippen LogP contribution in [0.2, 0.25) is 0 Å². The van der Waals surface area contributed by atoms with Crippen LogP contribution < -0.4 is 14.8 Å². The molecule has 0 radical (unpaired) electrons. The fraction of sp³-hybridized carbons (Fsp3) is 0.600. The van der Waals surface area contributed by atoms with Crippen molar-refractivity contribution >= 4 is 13.2 Å². The zero-order chi connectivity index (χ0) is 26.0. The lowest BCUT2D eigenvalue weighted by atomic mass is 9.91. The van der Waals surface area contributed by atoms with E-state index in [1.54, 1.807) is 7.11 Å². The minimum atomic E-state index is -0.609. The van der Waals surface area contributed by atoms with Crippen LogP contribution in [0.5, 0.6) is 11.5 Å². The number of hydrogen-bond acceptors (Lipinski definition) is 4. The summed E-state index contributed by atoms with van der Waals surface area (Å²) in [6.45, 7) is 20.5. The molecule has 0 bridgehead atoms. The van der Waals surface area contributed by atoms with Gasteiger partial charge in [0.1, 0.15) is 11.5 Å². The van der Waals surface area contributed by atoms with Gasteiger partial charge < -0.3 is 18.9 Å². The summed E-state index contributed by atoms with van der Waals surface area (Å²) in [4.78, 5) is 0. The third-order valence-electron chi connectivity index (χ3n) is 6.52. The van der Waals surface area contributed by atoms with Gasteiger partial charge in [-0.25, -0.2) is 0 Å². The average molecular weight is 501 g/mol. The number of rotatable bonds is 9. The Bertz CT molecular complexity index is 949. The van der Waals surface area contributed by atoms with E-state index >= 15 is 0 Å². The Balaban J connectivity index is 2.23. The Morgan fingerprint density at radius 2 is 1.31 bits per heavy atom. The van der Waals surface area contributed by atoms with Gasteiger partial charge in [0.25, 0.3) is 0 Å². The maximum atomic E-state index is 6.34. The first-order valence-corrected chi connectivity index (χ1v) is 14.2. The van der Waals surface area contributed by atoms with E-state index in [-0.39, 0.29) is 22.5 Å². The van der Waals surface area contributed by atoms with E-state index in [2.05, 4.69) is 98.7 Å². The van der Waals surface area contributed by atoms with Crippen molar-refractivity contribution in [1.29, 1.82) is 0 Å². The highest BCUT2D eigenvalue weighted by atomic mass is 31.1. The first-order chi connectivity index (χ1) is 16.4. The highest BCUT2D eigenvalue weighted by Crippen LogP contribution is 2.68. The Labute approximate surface area is 214 Å². The van der Waals surface area contributed by atoms with Crippen LogP contribution in [0.25, 0.3) is 11.1 Å². The molecule has 35 heavy (non-hydrogen) atoms. The number of hydrogen-bond donors (Lipinski definition) is 0. The summed E-state index contributed by atoms with van der Waals surface area (Å²) in [6, 6.07) is 15.0. The SMILES string of the molecule is CCOC1(OC)CC(C)(C)P(c2ccccc2-c2c(OC(C)C)cccc2OC(C)C)C(C)(C)C1. The van der Waals surface area contributed by atoms with Gasteiger partial charge in [-0.2, -0.15) is 0 Å². The van der Waals surface area contributed by atoms with Crippen LogP contribution in [-0.4, -0.2) is 42.0 Å². The van der Waals surface area contributed by atoms with Gasteiger partial charge in [0.2, 0.25) is 0 Å². The Hall–Kier alpha value is -1.61. The van der Waals surface area contributed by atoms with Gasteiger partial charge in [-0.05, 0) is 67.9 Å². The molecule has 2 aromatic rings. The van der Waals surface area contributed by atoms with Gasteiger partial charge in [-0.15, -0.1) is 0 Å². The van der Waals surface area contributed by atoms with Gasteiger partial charge in [-0.3, -0.25) is 0 Å². The van der Waals surface area contributed by atoms with Gasteiger partial charge in [-0.1, -0.05) is 65.9 Å². The highest BCUT2D eigenvalue weighted by Gasteiger charge is 2.55. The Morgan fingerprint density at radius 3 is 1.77 bits per heavy atom. The first kappa shape index (κ1) is 28.0. The molecule has 1 aliphatic heterocycles. The van der Waals surface area contributed by atoms with E-state index in [1.807, 2.05) is 6.07 Å². The molecule has 1 fully saturated rings. The molecule has 0 unspecified atom stereocenters. The zero-order valence-electron chi connectivity index (χ0n) is 23.4. The lowest BCUT2D eigenvalue weighted by Crippen LogP contribution is -2.54. The van der Waals surface area contributed by atoms with Crippen molar-refractivity contribution in [1.82, 2.24) is 0 Å². The van der Waals surface area contributed by atoms with Crippen LogP contribution in [0.15, 0.2) is 42.5 Å². The fourth-order valence-corrected chi connectivity index (χ4v) is 10.3. The summed E-state index contributed by atoms with van der Waals surface area (Å²) in [5.74, 6) is 1.18. The van der Waals surface area contributed by atoms with E-state index < -0.39 is 13.7 Å². The second kappa shape index (κ2) is 10.8. The van der Waals surface area contributed by atoms with Crippen LogP contribution in [0.4, 0.5) is 0 Å².